The van der Waals surface area contributed by atoms with Gasteiger partial charge in [0.1, 0.15) is 12.2 Å². The Balaban J connectivity index is 1.60. The second-order valence-electron chi connectivity index (χ2n) is 9.67. The van der Waals surface area contributed by atoms with E-state index in [9.17, 15) is 0 Å². The summed E-state index contributed by atoms with van der Waals surface area (Å²) in [6.07, 6.45) is 1.91. The van der Waals surface area contributed by atoms with E-state index in [-0.39, 0.29) is 5.60 Å². The van der Waals surface area contributed by atoms with Crippen molar-refractivity contribution in [1.82, 2.24) is 0 Å². The van der Waals surface area contributed by atoms with Crippen molar-refractivity contribution in [3.05, 3.63) is 46.5 Å². The molecular weight excluding hydrogens is 412 g/mol. The summed E-state index contributed by atoms with van der Waals surface area (Å²) in [6, 6.07) is 8.88. The van der Waals surface area contributed by atoms with Gasteiger partial charge in [-0.15, -0.1) is 0 Å². The van der Waals surface area contributed by atoms with E-state index in [2.05, 4.69) is 68.7 Å². The standard InChI is InChI=1S/C28H40N2O3/c1-7-28(6)19-24-21(4)25(22(5)26(27(24)33-28)32-18-17-31-8-2)30-15-13-29(14-16-30)23-11-9-20(3)10-12-23/h9-12H,7-8,13-19H2,1-6H3. The molecule has 1 fully saturated rings. The summed E-state index contributed by atoms with van der Waals surface area (Å²) in [7, 11) is 0. The third kappa shape index (κ3) is 4.79. The first-order chi connectivity index (χ1) is 15.9. The predicted octanol–water partition coefficient (Wildman–Crippen LogP) is 5.46. The molecule has 2 heterocycles. The molecule has 180 valence electrons. The Morgan fingerprint density at radius 3 is 2.21 bits per heavy atom. The molecule has 2 aromatic rings. The van der Waals surface area contributed by atoms with Crippen LogP contribution in [0, 0.1) is 20.8 Å². The predicted molar refractivity (Wildman–Crippen MR) is 137 cm³/mol. The monoisotopic (exact) mass is 452 g/mol. The van der Waals surface area contributed by atoms with Crippen molar-refractivity contribution in [2.24, 2.45) is 0 Å². The Bertz CT molecular complexity index is 964. The van der Waals surface area contributed by atoms with Gasteiger partial charge in [0.15, 0.2) is 11.5 Å². The molecule has 0 aliphatic carbocycles. The van der Waals surface area contributed by atoms with Gasteiger partial charge < -0.3 is 24.0 Å². The molecule has 33 heavy (non-hydrogen) atoms. The minimum Gasteiger partial charge on any atom is -0.487 e. The van der Waals surface area contributed by atoms with Crippen molar-refractivity contribution in [2.45, 2.75) is 60.0 Å². The van der Waals surface area contributed by atoms with Crippen molar-refractivity contribution in [3.8, 4) is 11.5 Å². The van der Waals surface area contributed by atoms with Crippen LogP contribution in [-0.4, -0.2) is 51.6 Å². The highest BCUT2D eigenvalue weighted by Crippen LogP contribution is 2.50. The number of hydrogen-bond donors (Lipinski definition) is 0. The van der Waals surface area contributed by atoms with Gasteiger partial charge in [-0.05, 0) is 58.7 Å². The van der Waals surface area contributed by atoms with Gasteiger partial charge in [0.25, 0.3) is 0 Å². The molecule has 0 radical (unpaired) electrons. The maximum absolute atomic E-state index is 6.53. The lowest BCUT2D eigenvalue weighted by Crippen LogP contribution is -2.47. The van der Waals surface area contributed by atoms with Crippen LogP contribution in [0.25, 0.3) is 0 Å². The summed E-state index contributed by atoms with van der Waals surface area (Å²) in [4.78, 5) is 5.04. The van der Waals surface area contributed by atoms with E-state index in [1.165, 1.54) is 33.6 Å². The van der Waals surface area contributed by atoms with E-state index in [0.717, 1.165) is 50.5 Å². The number of rotatable bonds is 8. The van der Waals surface area contributed by atoms with Crippen molar-refractivity contribution < 1.29 is 14.2 Å². The van der Waals surface area contributed by atoms with Gasteiger partial charge in [0.2, 0.25) is 0 Å². The molecule has 1 unspecified atom stereocenters. The maximum atomic E-state index is 6.53. The van der Waals surface area contributed by atoms with Crippen molar-refractivity contribution >= 4 is 11.4 Å². The zero-order valence-corrected chi connectivity index (χ0v) is 21.3. The number of hydrogen-bond acceptors (Lipinski definition) is 5. The largest absolute Gasteiger partial charge is 0.487 e. The van der Waals surface area contributed by atoms with Crippen LogP contribution < -0.4 is 19.3 Å². The molecule has 5 heteroatoms. The number of ether oxygens (including phenoxy) is 3. The summed E-state index contributed by atoms with van der Waals surface area (Å²) in [6.45, 7) is 18.9. The quantitative estimate of drug-likeness (QED) is 0.497. The first-order valence-electron chi connectivity index (χ1n) is 12.5. The second kappa shape index (κ2) is 9.84. The van der Waals surface area contributed by atoms with E-state index >= 15 is 0 Å². The molecule has 0 spiro atoms. The van der Waals surface area contributed by atoms with Crippen molar-refractivity contribution in [3.63, 3.8) is 0 Å². The average molecular weight is 453 g/mol. The van der Waals surface area contributed by atoms with Crippen LogP contribution in [-0.2, 0) is 11.2 Å². The van der Waals surface area contributed by atoms with Gasteiger partial charge in [0, 0.05) is 61.7 Å². The topological polar surface area (TPSA) is 34.2 Å². The van der Waals surface area contributed by atoms with E-state index in [1.807, 2.05) is 6.92 Å². The lowest BCUT2D eigenvalue weighted by atomic mass is 9.91. The summed E-state index contributed by atoms with van der Waals surface area (Å²) < 4.78 is 18.4. The second-order valence-corrected chi connectivity index (χ2v) is 9.67. The van der Waals surface area contributed by atoms with E-state index in [4.69, 9.17) is 14.2 Å². The molecule has 0 amide bonds. The van der Waals surface area contributed by atoms with Gasteiger partial charge in [-0.1, -0.05) is 24.6 Å². The van der Waals surface area contributed by atoms with E-state index in [1.54, 1.807) is 0 Å². The highest BCUT2D eigenvalue weighted by molar-refractivity contribution is 5.73. The zero-order chi connectivity index (χ0) is 23.6. The Hall–Kier alpha value is -2.40. The minimum absolute atomic E-state index is 0.166. The van der Waals surface area contributed by atoms with E-state index in [0.29, 0.717) is 19.8 Å². The molecule has 0 saturated carbocycles. The molecule has 0 N–H and O–H groups in total. The lowest BCUT2D eigenvalue weighted by molar-refractivity contribution is 0.0940. The first kappa shape index (κ1) is 23.7. The molecular formula is C28H40N2O3. The van der Waals surface area contributed by atoms with Crippen LogP contribution in [0.4, 0.5) is 11.4 Å². The Kier molecular flexibility index (Phi) is 7.08. The van der Waals surface area contributed by atoms with Gasteiger partial charge >= 0.3 is 0 Å². The third-order valence-corrected chi connectivity index (χ3v) is 7.30. The van der Waals surface area contributed by atoms with Gasteiger partial charge in [-0.25, -0.2) is 0 Å². The number of piperazine rings is 1. The van der Waals surface area contributed by atoms with Gasteiger partial charge in [-0.3, -0.25) is 0 Å². The SMILES string of the molecule is CCOCCOc1c(C)c(N2CCN(c3ccc(C)cc3)CC2)c(C)c2c1OC(C)(CC)C2. The van der Waals surface area contributed by atoms with Crippen molar-refractivity contribution in [1.29, 1.82) is 0 Å². The summed E-state index contributed by atoms with van der Waals surface area (Å²) in [5.41, 5.74) is 7.63. The summed E-state index contributed by atoms with van der Waals surface area (Å²) >= 11 is 0. The van der Waals surface area contributed by atoms with Crippen LogP contribution in [0.15, 0.2) is 24.3 Å². The molecule has 2 aliphatic heterocycles. The average Bonchev–Trinajstić information content (AvgIpc) is 3.18. The highest BCUT2D eigenvalue weighted by Gasteiger charge is 2.39. The number of fused-ring (bicyclic) bond motifs is 1. The molecule has 0 aromatic heterocycles. The van der Waals surface area contributed by atoms with Crippen molar-refractivity contribution in [2.75, 3.05) is 55.8 Å². The first-order valence-corrected chi connectivity index (χ1v) is 12.5. The molecule has 0 bridgehead atoms. The maximum Gasteiger partial charge on any atom is 0.166 e. The number of aryl methyl sites for hydroxylation is 1. The zero-order valence-electron chi connectivity index (χ0n) is 21.3. The molecule has 2 aliphatic rings. The Morgan fingerprint density at radius 2 is 1.58 bits per heavy atom. The molecule has 5 nitrogen and oxygen atoms in total. The fourth-order valence-corrected chi connectivity index (χ4v) is 5.12. The fourth-order valence-electron chi connectivity index (χ4n) is 5.12. The third-order valence-electron chi connectivity index (χ3n) is 7.30. The van der Waals surface area contributed by atoms with Crippen LogP contribution in [0.5, 0.6) is 11.5 Å². The molecule has 2 aromatic carbocycles. The number of benzene rings is 2. The smallest absolute Gasteiger partial charge is 0.166 e. The normalized spacial score (nSPS) is 20.1. The fraction of sp³-hybridized carbons (Fsp3) is 0.571. The van der Waals surface area contributed by atoms with Crippen LogP contribution in [0.2, 0.25) is 0 Å². The highest BCUT2D eigenvalue weighted by atomic mass is 16.6. The van der Waals surface area contributed by atoms with Crippen LogP contribution in [0.3, 0.4) is 0 Å². The van der Waals surface area contributed by atoms with Crippen LogP contribution >= 0.6 is 0 Å². The van der Waals surface area contributed by atoms with Crippen LogP contribution in [0.1, 0.15) is 49.4 Å². The Morgan fingerprint density at radius 1 is 0.909 bits per heavy atom. The molecule has 1 saturated heterocycles. The minimum atomic E-state index is -0.166. The number of nitrogens with zero attached hydrogens (tertiary/aromatic N) is 2. The number of anilines is 2. The van der Waals surface area contributed by atoms with Gasteiger partial charge in [-0.2, -0.15) is 0 Å². The van der Waals surface area contributed by atoms with E-state index < -0.39 is 0 Å². The summed E-state index contributed by atoms with van der Waals surface area (Å²) in [5.74, 6) is 1.86. The Labute approximate surface area is 199 Å². The summed E-state index contributed by atoms with van der Waals surface area (Å²) in [5, 5.41) is 0. The lowest BCUT2D eigenvalue weighted by Gasteiger charge is -2.39. The van der Waals surface area contributed by atoms with Gasteiger partial charge in [0.05, 0.1) is 6.61 Å². The molecule has 1 atom stereocenters. The molecule has 4 rings (SSSR count).